The monoisotopic (exact) mass is 351 g/mol. The number of amides is 1. The Morgan fingerprint density at radius 2 is 1.92 bits per heavy atom. The van der Waals surface area contributed by atoms with Crippen molar-refractivity contribution in [2.24, 2.45) is 4.99 Å². The first-order chi connectivity index (χ1) is 12.7. The Morgan fingerprint density at radius 3 is 2.65 bits per heavy atom. The van der Waals surface area contributed by atoms with Crippen molar-refractivity contribution in [3.63, 3.8) is 0 Å². The van der Waals surface area contributed by atoms with E-state index in [0.29, 0.717) is 6.54 Å². The Morgan fingerprint density at radius 1 is 1.12 bits per heavy atom. The van der Waals surface area contributed by atoms with Crippen LogP contribution in [0.2, 0.25) is 0 Å². The molecule has 1 amide bonds. The molecule has 1 aromatic heterocycles. The summed E-state index contributed by atoms with van der Waals surface area (Å²) in [5.41, 5.74) is 3.94. The molecule has 26 heavy (non-hydrogen) atoms. The molecule has 1 saturated heterocycles. The molecule has 134 valence electrons. The second kappa shape index (κ2) is 6.74. The van der Waals surface area contributed by atoms with Crippen molar-refractivity contribution >= 4 is 17.4 Å². The van der Waals surface area contributed by atoms with Crippen LogP contribution in [-0.2, 0) is 11.3 Å². The zero-order valence-electron chi connectivity index (χ0n) is 15.0. The Kier molecular flexibility index (Phi) is 4.28. The van der Waals surface area contributed by atoms with Crippen LogP contribution in [0.15, 0.2) is 35.6 Å². The molecule has 0 bridgehead atoms. The van der Waals surface area contributed by atoms with Gasteiger partial charge in [0.05, 0.1) is 25.1 Å². The number of ether oxygens (including phenoxy) is 1. The maximum Gasteiger partial charge on any atom is 0.219 e. The minimum Gasteiger partial charge on any atom is -0.497 e. The topological polar surface area (TPSA) is 70.9 Å². The summed E-state index contributed by atoms with van der Waals surface area (Å²) in [5, 5.41) is 0. The van der Waals surface area contributed by atoms with Gasteiger partial charge < -0.3 is 14.5 Å². The van der Waals surface area contributed by atoms with E-state index in [-0.39, 0.29) is 5.91 Å². The number of benzene rings is 1. The minimum atomic E-state index is 0.124. The molecule has 7 nitrogen and oxygen atoms in total. The van der Waals surface area contributed by atoms with Gasteiger partial charge in [0.1, 0.15) is 17.9 Å². The summed E-state index contributed by atoms with van der Waals surface area (Å²) < 4.78 is 5.34. The number of anilines is 1. The number of fused-ring (bicyclic) bond motifs is 1. The lowest BCUT2D eigenvalue weighted by molar-refractivity contribution is -0.129. The van der Waals surface area contributed by atoms with E-state index in [4.69, 9.17) is 4.74 Å². The van der Waals surface area contributed by atoms with Crippen LogP contribution in [0.1, 0.15) is 23.7 Å². The van der Waals surface area contributed by atoms with Crippen LogP contribution in [0.25, 0.3) is 0 Å². The largest absolute Gasteiger partial charge is 0.497 e. The molecular formula is C19H21N5O2. The number of carbonyl (C=O) groups excluding carboxylic acids is 1. The van der Waals surface area contributed by atoms with E-state index in [1.54, 1.807) is 20.4 Å². The van der Waals surface area contributed by atoms with E-state index < -0.39 is 0 Å². The Labute approximate surface area is 152 Å². The number of hydrogen-bond acceptors (Lipinski definition) is 6. The fourth-order valence-electron chi connectivity index (χ4n) is 3.41. The van der Waals surface area contributed by atoms with Gasteiger partial charge in [0, 0.05) is 44.7 Å². The summed E-state index contributed by atoms with van der Waals surface area (Å²) in [6.07, 6.45) is 1.59. The normalized spacial score (nSPS) is 16.3. The first kappa shape index (κ1) is 16.5. The van der Waals surface area contributed by atoms with Gasteiger partial charge in [-0.15, -0.1) is 0 Å². The SMILES string of the molecule is COc1ccc2c(c1)C(c1cc(N3CCN(C(C)=O)CC3)ncn1)=NC2. The molecule has 0 spiro atoms. The van der Waals surface area contributed by atoms with Crippen LogP contribution in [0, 0.1) is 0 Å². The van der Waals surface area contributed by atoms with E-state index in [0.717, 1.165) is 54.7 Å². The van der Waals surface area contributed by atoms with Crippen LogP contribution in [0.3, 0.4) is 0 Å². The van der Waals surface area contributed by atoms with Crippen LogP contribution in [0.4, 0.5) is 5.82 Å². The number of aromatic nitrogens is 2. The second-order valence-electron chi connectivity index (χ2n) is 6.44. The quantitative estimate of drug-likeness (QED) is 0.838. The van der Waals surface area contributed by atoms with E-state index in [2.05, 4.69) is 19.9 Å². The summed E-state index contributed by atoms with van der Waals surface area (Å²) in [7, 11) is 1.66. The van der Waals surface area contributed by atoms with Gasteiger partial charge in [-0.2, -0.15) is 0 Å². The smallest absolute Gasteiger partial charge is 0.219 e. The van der Waals surface area contributed by atoms with E-state index in [1.807, 2.05) is 29.2 Å². The van der Waals surface area contributed by atoms with Crippen molar-refractivity contribution in [3.8, 4) is 5.75 Å². The highest BCUT2D eigenvalue weighted by molar-refractivity contribution is 6.14. The molecule has 2 aliphatic heterocycles. The number of hydrogen-bond donors (Lipinski definition) is 0. The summed E-state index contributed by atoms with van der Waals surface area (Å²) in [6.45, 7) is 5.25. The van der Waals surface area contributed by atoms with Crippen molar-refractivity contribution in [3.05, 3.63) is 47.4 Å². The van der Waals surface area contributed by atoms with Gasteiger partial charge in [0.2, 0.25) is 5.91 Å². The molecule has 0 unspecified atom stereocenters. The zero-order valence-corrected chi connectivity index (χ0v) is 15.0. The van der Waals surface area contributed by atoms with Crippen molar-refractivity contribution in [2.45, 2.75) is 13.5 Å². The van der Waals surface area contributed by atoms with Crippen molar-refractivity contribution < 1.29 is 9.53 Å². The van der Waals surface area contributed by atoms with Gasteiger partial charge in [-0.1, -0.05) is 6.07 Å². The van der Waals surface area contributed by atoms with Crippen molar-refractivity contribution in [1.82, 2.24) is 14.9 Å². The third kappa shape index (κ3) is 3.00. The van der Waals surface area contributed by atoms with Crippen LogP contribution < -0.4 is 9.64 Å². The molecule has 0 radical (unpaired) electrons. The second-order valence-corrected chi connectivity index (χ2v) is 6.44. The predicted molar refractivity (Wildman–Crippen MR) is 98.8 cm³/mol. The molecule has 7 heteroatoms. The highest BCUT2D eigenvalue weighted by Gasteiger charge is 2.23. The zero-order chi connectivity index (χ0) is 18.1. The lowest BCUT2D eigenvalue weighted by atomic mass is 10.0. The number of rotatable bonds is 3. The van der Waals surface area contributed by atoms with Gasteiger partial charge in [0.25, 0.3) is 0 Å². The van der Waals surface area contributed by atoms with Crippen molar-refractivity contribution in [2.75, 3.05) is 38.2 Å². The fraction of sp³-hybridized carbons (Fsp3) is 0.368. The minimum absolute atomic E-state index is 0.124. The predicted octanol–water partition coefficient (Wildman–Crippen LogP) is 1.50. The Hall–Kier alpha value is -2.96. The molecular weight excluding hydrogens is 330 g/mol. The average molecular weight is 351 g/mol. The maximum atomic E-state index is 11.5. The third-order valence-corrected chi connectivity index (χ3v) is 4.92. The lowest BCUT2D eigenvalue weighted by Crippen LogP contribution is -2.48. The fourth-order valence-corrected chi connectivity index (χ4v) is 3.41. The highest BCUT2D eigenvalue weighted by Crippen LogP contribution is 2.27. The Balaban J connectivity index is 1.58. The van der Waals surface area contributed by atoms with Crippen LogP contribution in [0.5, 0.6) is 5.75 Å². The molecule has 1 aromatic carbocycles. The maximum absolute atomic E-state index is 11.5. The molecule has 3 heterocycles. The molecule has 0 N–H and O–H groups in total. The van der Waals surface area contributed by atoms with Gasteiger partial charge in [0.15, 0.2) is 0 Å². The molecule has 0 atom stereocenters. The number of carbonyl (C=O) groups is 1. The highest BCUT2D eigenvalue weighted by atomic mass is 16.5. The molecule has 2 aliphatic rings. The van der Waals surface area contributed by atoms with Gasteiger partial charge >= 0.3 is 0 Å². The molecule has 4 rings (SSSR count). The first-order valence-corrected chi connectivity index (χ1v) is 8.70. The summed E-state index contributed by atoms with van der Waals surface area (Å²) in [4.78, 5) is 29.1. The van der Waals surface area contributed by atoms with E-state index >= 15 is 0 Å². The third-order valence-electron chi connectivity index (χ3n) is 4.92. The number of piperazine rings is 1. The van der Waals surface area contributed by atoms with E-state index in [9.17, 15) is 4.79 Å². The van der Waals surface area contributed by atoms with Crippen LogP contribution >= 0.6 is 0 Å². The lowest BCUT2D eigenvalue weighted by Gasteiger charge is -2.34. The molecule has 2 aromatic rings. The van der Waals surface area contributed by atoms with Gasteiger partial charge in [-0.05, 0) is 17.7 Å². The molecule has 1 fully saturated rings. The van der Waals surface area contributed by atoms with E-state index in [1.165, 1.54) is 5.56 Å². The summed E-state index contributed by atoms with van der Waals surface area (Å²) in [6, 6.07) is 8.00. The number of methoxy groups -OCH3 is 1. The number of nitrogens with zero attached hydrogens (tertiary/aromatic N) is 5. The van der Waals surface area contributed by atoms with Gasteiger partial charge in [-0.3, -0.25) is 9.79 Å². The summed E-state index contributed by atoms with van der Waals surface area (Å²) in [5.74, 6) is 1.81. The van der Waals surface area contributed by atoms with Gasteiger partial charge in [-0.25, -0.2) is 9.97 Å². The first-order valence-electron chi connectivity index (χ1n) is 8.70. The average Bonchev–Trinajstić information content (AvgIpc) is 3.11. The van der Waals surface area contributed by atoms with Crippen LogP contribution in [-0.4, -0.2) is 59.8 Å². The molecule has 0 saturated carbocycles. The summed E-state index contributed by atoms with van der Waals surface area (Å²) >= 11 is 0. The molecule has 0 aliphatic carbocycles. The Bertz CT molecular complexity index is 872. The standard InChI is InChI=1S/C19H21N5O2/c1-13(25)23-5-7-24(8-6-23)18-10-17(21-12-22-18)19-16-9-15(26-2)4-3-14(16)11-20-19/h3-4,9-10,12H,5-8,11H2,1-2H3. The van der Waals surface area contributed by atoms with Crippen molar-refractivity contribution in [1.29, 1.82) is 0 Å². The number of aliphatic imine (C=N–C) groups is 1.